The summed E-state index contributed by atoms with van der Waals surface area (Å²) in [4.78, 5) is 0. The highest BCUT2D eigenvalue weighted by atomic mass is 19.4. The summed E-state index contributed by atoms with van der Waals surface area (Å²) in [5.41, 5.74) is 0. The second kappa shape index (κ2) is 5.36. The van der Waals surface area contributed by atoms with E-state index in [9.17, 15) is 13.2 Å². The van der Waals surface area contributed by atoms with Gasteiger partial charge in [-0.25, -0.2) is 0 Å². The Morgan fingerprint density at radius 2 is 1.71 bits per heavy atom. The third-order valence-corrected chi connectivity index (χ3v) is 1.14. The number of hydrogen-bond donors (Lipinski definition) is 0. The molecule has 0 saturated carbocycles. The van der Waals surface area contributed by atoms with Crippen LogP contribution in [0.5, 0.6) is 0 Å². The predicted octanol–water partition coefficient (Wildman–Crippen LogP) is 3.14. The average molecular weight is 208 g/mol. The van der Waals surface area contributed by atoms with E-state index in [2.05, 4.69) is 17.9 Å². The van der Waals surface area contributed by atoms with Crippen LogP contribution in [0.1, 0.15) is 6.92 Å². The summed E-state index contributed by atoms with van der Waals surface area (Å²) >= 11 is 0. The average Bonchev–Trinajstić information content (AvgIpc) is 2.09. The second-order valence-corrected chi connectivity index (χ2v) is 2.12. The number of ether oxygens (including phenoxy) is 2. The Balaban J connectivity index is 4.79. The van der Waals surface area contributed by atoms with Crippen LogP contribution in [-0.4, -0.2) is 13.0 Å². The molecule has 0 aliphatic carbocycles. The lowest BCUT2D eigenvalue weighted by molar-refractivity contribution is -0.304. The van der Waals surface area contributed by atoms with Crippen molar-refractivity contribution in [3.8, 4) is 0 Å². The number of hydrogen-bond acceptors (Lipinski definition) is 2. The highest BCUT2D eigenvalue weighted by Gasteiger charge is 2.32. The molecule has 2 nitrogen and oxygen atoms in total. The molecule has 80 valence electrons. The fourth-order valence-corrected chi connectivity index (χ4v) is 0.703. The smallest absolute Gasteiger partial charge is 0.490 e. The van der Waals surface area contributed by atoms with Crippen LogP contribution in [0.25, 0.3) is 0 Å². The lowest BCUT2D eigenvalue weighted by Gasteiger charge is -2.12. The Bertz CT molecular complexity index is 241. The molecule has 0 aromatic carbocycles. The molecule has 0 atom stereocenters. The van der Waals surface area contributed by atoms with Crippen LogP contribution in [0.2, 0.25) is 0 Å². The molecule has 5 heteroatoms. The van der Waals surface area contributed by atoms with Crippen molar-refractivity contribution in [3.05, 3.63) is 36.8 Å². The van der Waals surface area contributed by atoms with Crippen LogP contribution in [0, 0.1) is 0 Å². The highest BCUT2D eigenvalue weighted by Crippen LogP contribution is 2.23. The summed E-state index contributed by atoms with van der Waals surface area (Å²) in [6, 6.07) is 0. The molecule has 14 heavy (non-hydrogen) atoms. The van der Waals surface area contributed by atoms with Crippen molar-refractivity contribution in [3.63, 3.8) is 0 Å². The predicted molar refractivity (Wildman–Crippen MR) is 46.2 cm³/mol. The largest absolute Gasteiger partial charge is 0.573 e. The zero-order valence-electron chi connectivity index (χ0n) is 7.73. The van der Waals surface area contributed by atoms with Gasteiger partial charge in [-0.2, -0.15) is 0 Å². The van der Waals surface area contributed by atoms with Crippen molar-refractivity contribution >= 4 is 0 Å². The van der Waals surface area contributed by atoms with E-state index in [-0.39, 0.29) is 12.4 Å². The summed E-state index contributed by atoms with van der Waals surface area (Å²) in [6.45, 7) is 8.34. The highest BCUT2D eigenvalue weighted by molar-refractivity contribution is 5.22. The van der Waals surface area contributed by atoms with E-state index < -0.39 is 12.1 Å². The molecule has 0 bridgehead atoms. The van der Waals surface area contributed by atoms with E-state index in [0.29, 0.717) is 0 Å². The summed E-state index contributed by atoms with van der Waals surface area (Å²) in [7, 11) is 0. The topological polar surface area (TPSA) is 18.5 Å². The monoisotopic (exact) mass is 208 g/mol. The lowest BCUT2D eigenvalue weighted by atomic mass is 10.4. The minimum Gasteiger partial charge on any atom is -0.490 e. The normalized spacial score (nSPS) is 12.9. The van der Waals surface area contributed by atoms with Gasteiger partial charge in [-0.1, -0.05) is 13.2 Å². The molecule has 0 radical (unpaired) electrons. The van der Waals surface area contributed by atoms with E-state index in [1.807, 2.05) is 0 Å². The van der Waals surface area contributed by atoms with Gasteiger partial charge in [0.25, 0.3) is 0 Å². The number of rotatable bonds is 5. The summed E-state index contributed by atoms with van der Waals surface area (Å²) in [5.74, 6) is -0.575. The van der Waals surface area contributed by atoms with Gasteiger partial charge in [0.2, 0.25) is 0 Å². The van der Waals surface area contributed by atoms with Gasteiger partial charge in [-0.05, 0) is 19.1 Å². The molecular formula is C9H11F3O2. The minimum atomic E-state index is -4.76. The Hall–Kier alpha value is -1.39. The fourth-order valence-electron chi connectivity index (χ4n) is 0.703. The van der Waals surface area contributed by atoms with Gasteiger partial charge >= 0.3 is 6.36 Å². The van der Waals surface area contributed by atoms with Crippen molar-refractivity contribution in [1.82, 2.24) is 0 Å². The SMILES string of the molecule is C=C/C(OCC)=C(\C=C)OC(F)(F)F. The van der Waals surface area contributed by atoms with E-state index >= 15 is 0 Å². The minimum absolute atomic E-state index is 0.0835. The third-order valence-electron chi connectivity index (χ3n) is 1.14. The zero-order valence-corrected chi connectivity index (χ0v) is 7.73. The Morgan fingerprint density at radius 3 is 2.00 bits per heavy atom. The molecule has 0 aliphatic rings. The Kier molecular flexibility index (Phi) is 4.83. The lowest BCUT2D eigenvalue weighted by Crippen LogP contribution is -2.13. The van der Waals surface area contributed by atoms with Gasteiger partial charge in [0.15, 0.2) is 11.5 Å². The summed E-state index contributed by atoms with van der Waals surface area (Å²) < 4.78 is 44.0. The van der Waals surface area contributed by atoms with E-state index in [4.69, 9.17) is 4.74 Å². The molecule has 0 aromatic heterocycles. The maximum absolute atomic E-state index is 11.8. The second-order valence-electron chi connectivity index (χ2n) is 2.12. The molecule has 0 N–H and O–H groups in total. The number of allylic oxidation sites excluding steroid dienone is 2. The van der Waals surface area contributed by atoms with Crippen molar-refractivity contribution < 1.29 is 22.6 Å². The first-order valence-electron chi connectivity index (χ1n) is 3.82. The summed E-state index contributed by atoms with van der Waals surface area (Å²) in [6.07, 6.45) is -2.71. The van der Waals surface area contributed by atoms with Gasteiger partial charge in [0.1, 0.15) is 0 Å². The van der Waals surface area contributed by atoms with Crippen LogP contribution in [0.3, 0.4) is 0 Å². The molecule has 0 aliphatic heterocycles. The maximum Gasteiger partial charge on any atom is 0.573 e. The van der Waals surface area contributed by atoms with Crippen LogP contribution in [0.15, 0.2) is 36.8 Å². The summed E-state index contributed by atoms with van der Waals surface area (Å²) in [5, 5.41) is 0. The van der Waals surface area contributed by atoms with Crippen LogP contribution < -0.4 is 0 Å². The molecule has 0 heterocycles. The molecule has 0 amide bonds. The first-order chi connectivity index (χ1) is 6.44. The van der Waals surface area contributed by atoms with Gasteiger partial charge < -0.3 is 9.47 Å². The van der Waals surface area contributed by atoms with Gasteiger partial charge in [-0.15, -0.1) is 13.2 Å². The van der Waals surface area contributed by atoms with Crippen molar-refractivity contribution in [1.29, 1.82) is 0 Å². The standard InChI is InChI=1S/C9H11F3O2/c1-4-7(13-6-3)8(5-2)14-9(10,11)12/h4-5H,1-2,6H2,3H3/b8-7-. The molecule has 0 aromatic rings. The van der Waals surface area contributed by atoms with Crippen LogP contribution in [0.4, 0.5) is 13.2 Å². The van der Waals surface area contributed by atoms with E-state index in [1.165, 1.54) is 0 Å². The van der Waals surface area contributed by atoms with Gasteiger partial charge in [0, 0.05) is 0 Å². The van der Waals surface area contributed by atoms with E-state index in [0.717, 1.165) is 12.2 Å². The first kappa shape index (κ1) is 12.6. The molecule has 0 fully saturated rings. The zero-order chi connectivity index (χ0) is 11.2. The van der Waals surface area contributed by atoms with Crippen molar-refractivity contribution in [2.75, 3.05) is 6.61 Å². The Labute approximate surface area is 80.3 Å². The molecule has 0 rings (SSSR count). The molecule has 0 unspecified atom stereocenters. The third kappa shape index (κ3) is 4.59. The van der Waals surface area contributed by atoms with E-state index in [1.54, 1.807) is 6.92 Å². The van der Waals surface area contributed by atoms with Crippen LogP contribution in [-0.2, 0) is 9.47 Å². The van der Waals surface area contributed by atoms with Gasteiger partial charge in [0.05, 0.1) is 6.61 Å². The molecule has 0 saturated heterocycles. The number of alkyl halides is 3. The first-order valence-corrected chi connectivity index (χ1v) is 3.82. The Morgan fingerprint density at radius 1 is 1.21 bits per heavy atom. The quantitative estimate of drug-likeness (QED) is 0.510. The number of halogens is 3. The fraction of sp³-hybridized carbons (Fsp3) is 0.333. The van der Waals surface area contributed by atoms with Crippen molar-refractivity contribution in [2.24, 2.45) is 0 Å². The maximum atomic E-state index is 11.8. The van der Waals surface area contributed by atoms with Crippen molar-refractivity contribution in [2.45, 2.75) is 13.3 Å². The van der Waals surface area contributed by atoms with Gasteiger partial charge in [-0.3, -0.25) is 0 Å². The molecule has 0 spiro atoms. The van der Waals surface area contributed by atoms with Crippen LogP contribution >= 0.6 is 0 Å². The molecular weight excluding hydrogens is 197 g/mol.